The van der Waals surface area contributed by atoms with Crippen LogP contribution in [0.4, 0.5) is 3.89 Å². The predicted octanol–water partition coefficient (Wildman–Crippen LogP) is -1.26. The molecule has 0 heterocycles. The van der Waals surface area contributed by atoms with Crippen LogP contribution in [0.3, 0.4) is 0 Å². The quantitative estimate of drug-likeness (QED) is 0.327. The molecule has 8 nitrogen and oxygen atoms in total. The Hall–Kier alpha value is -1.04. The number of nitrogens with one attached hydrogen (secondary N) is 2. The van der Waals surface area contributed by atoms with Crippen molar-refractivity contribution in [3.8, 4) is 0 Å². The zero-order chi connectivity index (χ0) is 13.5. The van der Waals surface area contributed by atoms with E-state index >= 15 is 0 Å². The second-order valence-electron chi connectivity index (χ2n) is 2.65. The van der Waals surface area contributed by atoms with E-state index in [4.69, 9.17) is 0 Å². The lowest BCUT2D eigenvalue weighted by atomic mass is 10.4. The van der Waals surface area contributed by atoms with Gasteiger partial charge < -0.3 is 5.32 Å². The molecule has 0 bridgehead atoms. The van der Waals surface area contributed by atoms with Gasteiger partial charge in [0.15, 0.2) is 0 Å². The molecule has 0 aliphatic heterocycles. The molecule has 0 atom stereocenters. The van der Waals surface area contributed by atoms with Gasteiger partial charge in [0.2, 0.25) is 5.91 Å². The fraction of sp³-hybridized carbons (Fsp3) is 0.500. The minimum Gasteiger partial charge on any atom is -0.352 e. The van der Waals surface area contributed by atoms with E-state index in [1.165, 1.54) is 0 Å². The average molecular weight is 290 g/mol. The van der Waals surface area contributed by atoms with Crippen LogP contribution in [0.25, 0.3) is 0 Å². The Balaban J connectivity index is 3.89. The number of halogens is 1. The largest absolute Gasteiger partial charge is 0.387 e. The molecular formula is C6H11FN2O6S2. The van der Waals surface area contributed by atoms with Crippen LogP contribution in [0.5, 0.6) is 0 Å². The molecule has 1 amide bonds. The molecule has 0 radical (unpaired) electrons. The third-order valence-corrected chi connectivity index (χ3v) is 3.34. The summed E-state index contributed by atoms with van der Waals surface area (Å²) in [6.45, 7) is 2.87. The highest BCUT2D eigenvalue weighted by Gasteiger charge is 2.19. The summed E-state index contributed by atoms with van der Waals surface area (Å²) in [6, 6.07) is 0. The SMILES string of the molecule is C=CC(=O)NCCCOS(=O)(=O)NS(=O)(=O)F. The number of amides is 1. The summed E-state index contributed by atoms with van der Waals surface area (Å²) in [5.41, 5.74) is 0. The van der Waals surface area contributed by atoms with Crippen LogP contribution in [0.15, 0.2) is 12.7 Å². The first-order valence-corrected chi connectivity index (χ1v) is 6.98. The molecule has 0 fully saturated rings. The van der Waals surface area contributed by atoms with Gasteiger partial charge in [-0.1, -0.05) is 14.6 Å². The van der Waals surface area contributed by atoms with Gasteiger partial charge in [0.1, 0.15) is 0 Å². The lowest BCUT2D eigenvalue weighted by Crippen LogP contribution is -2.30. The van der Waals surface area contributed by atoms with Crippen molar-refractivity contribution in [2.45, 2.75) is 6.42 Å². The van der Waals surface area contributed by atoms with E-state index in [9.17, 15) is 25.5 Å². The smallest absolute Gasteiger partial charge is 0.352 e. The summed E-state index contributed by atoms with van der Waals surface area (Å²) in [6.07, 6.45) is 1.11. The van der Waals surface area contributed by atoms with Crippen LogP contribution in [-0.4, -0.2) is 35.9 Å². The molecule has 0 rings (SSSR count). The molecule has 0 aliphatic rings. The van der Waals surface area contributed by atoms with E-state index in [0.29, 0.717) is 4.13 Å². The van der Waals surface area contributed by atoms with Crippen molar-refractivity contribution in [3.05, 3.63) is 12.7 Å². The average Bonchev–Trinajstić information content (AvgIpc) is 2.12. The molecular weight excluding hydrogens is 279 g/mol. The zero-order valence-corrected chi connectivity index (χ0v) is 10.2. The Morgan fingerprint density at radius 2 is 1.94 bits per heavy atom. The maximum absolute atomic E-state index is 11.9. The molecule has 2 N–H and O–H groups in total. The van der Waals surface area contributed by atoms with E-state index in [2.05, 4.69) is 16.1 Å². The normalized spacial score (nSPS) is 12.1. The molecule has 0 unspecified atom stereocenters. The summed E-state index contributed by atoms with van der Waals surface area (Å²) in [5, 5.41) is 2.32. The van der Waals surface area contributed by atoms with Crippen molar-refractivity contribution in [2.75, 3.05) is 13.2 Å². The van der Waals surface area contributed by atoms with Gasteiger partial charge in [-0.25, -0.2) is 0 Å². The van der Waals surface area contributed by atoms with Crippen molar-refractivity contribution in [1.82, 2.24) is 9.44 Å². The van der Waals surface area contributed by atoms with Gasteiger partial charge in [-0.3, -0.25) is 8.98 Å². The van der Waals surface area contributed by atoms with Gasteiger partial charge in [0.05, 0.1) is 6.61 Å². The first kappa shape index (κ1) is 16.0. The monoisotopic (exact) mass is 290 g/mol. The van der Waals surface area contributed by atoms with Crippen LogP contribution in [0.1, 0.15) is 6.42 Å². The van der Waals surface area contributed by atoms with Crippen LogP contribution >= 0.6 is 0 Å². The third-order valence-electron chi connectivity index (χ3n) is 1.25. The van der Waals surface area contributed by atoms with Gasteiger partial charge in [-0.05, 0) is 12.5 Å². The Labute approximate surface area is 98.4 Å². The van der Waals surface area contributed by atoms with Gasteiger partial charge in [0, 0.05) is 6.54 Å². The predicted molar refractivity (Wildman–Crippen MR) is 55.9 cm³/mol. The standard InChI is InChI=1S/C6H11FN2O6S2/c1-2-6(10)8-4-3-5-15-17(13,14)9-16(7,11)12/h2,9H,1,3-5H2,(H,8,10). The molecule has 100 valence electrons. The summed E-state index contributed by atoms with van der Waals surface area (Å²) in [7, 11) is -10.1. The highest BCUT2D eigenvalue weighted by molar-refractivity contribution is 8.00. The second kappa shape index (κ2) is 6.64. The lowest BCUT2D eigenvalue weighted by Gasteiger charge is -2.04. The Bertz CT molecular complexity index is 471. The molecule has 17 heavy (non-hydrogen) atoms. The van der Waals surface area contributed by atoms with E-state index in [0.717, 1.165) is 6.08 Å². The van der Waals surface area contributed by atoms with Crippen LogP contribution < -0.4 is 9.44 Å². The Kier molecular flexibility index (Phi) is 6.23. The van der Waals surface area contributed by atoms with Crippen molar-refractivity contribution < 1.29 is 29.7 Å². The first-order valence-electron chi connectivity index (χ1n) is 4.19. The minimum absolute atomic E-state index is 0.0901. The summed E-state index contributed by atoms with van der Waals surface area (Å²) in [4.78, 5) is 10.6. The molecule has 0 aromatic rings. The van der Waals surface area contributed by atoms with Crippen molar-refractivity contribution >= 4 is 26.6 Å². The summed E-state index contributed by atoms with van der Waals surface area (Å²) >= 11 is 0. The molecule has 0 saturated heterocycles. The number of hydrogen-bond donors (Lipinski definition) is 2. The number of rotatable bonds is 8. The number of carbonyl (C=O) groups is 1. The molecule has 0 spiro atoms. The zero-order valence-electron chi connectivity index (χ0n) is 8.55. The highest BCUT2D eigenvalue weighted by Crippen LogP contribution is 1.95. The summed E-state index contributed by atoms with van der Waals surface area (Å²) < 4.78 is 58.1. The Morgan fingerprint density at radius 1 is 1.35 bits per heavy atom. The second-order valence-corrected chi connectivity index (χ2v) is 5.33. The van der Waals surface area contributed by atoms with E-state index in [-0.39, 0.29) is 13.0 Å². The van der Waals surface area contributed by atoms with Crippen LogP contribution in [0.2, 0.25) is 0 Å². The molecule has 11 heteroatoms. The van der Waals surface area contributed by atoms with Crippen molar-refractivity contribution in [1.29, 1.82) is 0 Å². The van der Waals surface area contributed by atoms with Crippen molar-refractivity contribution in [3.63, 3.8) is 0 Å². The molecule has 0 saturated carbocycles. The summed E-state index contributed by atoms with van der Waals surface area (Å²) in [5.74, 6) is -0.447. The van der Waals surface area contributed by atoms with Gasteiger partial charge in [-0.2, -0.15) is 16.8 Å². The van der Waals surface area contributed by atoms with E-state index in [1.807, 2.05) is 0 Å². The van der Waals surface area contributed by atoms with Gasteiger partial charge in [-0.15, -0.1) is 0 Å². The van der Waals surface area contributed by atoms with Gasteiger partial charge >= 0.3 is 20.7 Å². The lowest BCUT2D eigenvalue weighted by molar-refractivity contribution is -0.116. The fourth-order valence-electron chi connectivity index (χ4n) is 0.671. The van der Waals surface area contributed by atoms with E-state index in [1.54, 1.807) is 0 Å². The first-order chi connectivity index (χ1) is 7.66. The number of carbonyl (C=O) groups excluding carboxylic acids is 1. The van der Waals surface area contributed by atoms with Crippen LogP contribution in [0, 0.1) is 0 Å². The van der Waals surface area contributed by atoms with E-state index < -0.39 is 33.2 Å². The Morgan fingerprint density at radius 3 is 2.41 bits per heavy atom. The molecule has 0 aromatic heterocycles. The highest BCUT2D eigenvalue weighted by atomic mass is 32.3. The van der Waals surface area contributed by atoms with Gasteiger partial charge in [0.25, 0.3) is 0 Å². The minimum atomic E-state index is -5.39. The fourth-order valence-corrected chi connectivity index (χ4v) is 2.18. The maximum Gasteiger partial charge on any atom is 0.387 e. The van der Waals surface area contributed by atoms with Crippen LogP contribution in [-0.2, 0) is 29.7 Å². The maximum atomic E-state index is 11.9. The topological polar surface area (TPSA) is 119 Å². The molecule has 0 aromatic carbocycles. The number of hydrogen-bond acceptors (Lipinski definition) is 6. The van der Waals surface area contributed by atoms with Crippen molar-refractivity contribution in [2.24, 2.45) is 0 Å². The third kappa shape index (κ3) is 9.86. The molecule has 0 aliphatic carbocycles.